The molecule has 94 valence electrons. The minimum Gasteiger partial charge on any atom is -0.229 e. The third-order valence-electron chi connectivity index (χ3n) is 2.05. The molecule has 0 spiro atoms. The lowest BCUT2D eigenvalue weighted by Crippen LogP contribution is -2.04. The van der Waals surface area contributed by atoms with Crippen molar-refractivity contribution in [3.8, 4) is 6.07 Å². The Bertz CT molecular complexity index is 468. The SMILES string of the molecule is CCS(=O)(=O)CC.N#CCc1cccc(Cl)c1. The number of hydrogen-bond donors (Lipinski definition) is 0. The minimum absolute atomic E-state index is 0.267. The van der Waals surface area contributed by atoms with Gasteiger partial charge in [0.05, 0.1) is 12.5 Å². The molecule has 0 atom stereocenters. The number of nitriles is 1. The van der Waals surface area contributed by atoms with Crippen LogP contribution >= 0.6 is 11.6 Å². The first-order chi connectivity index (χ1) is 7.95. The van der Waals surface area contributed by atoms with Crippen LogP contribution < -0.4 is 0 Å². The van der Waals surface area contributed by atoms with Gasteiger partial charge in [0.15, 0.2) is 0 Å². The fourth-order valence-corrected chi connectivity index (χ4v) is 1.56. The van der Waals surface area contributed by atoms with Gasteiger partial charge in [0, 0.05) is 16.5 Å². The van der Waals surface area contributed by atoms with Crippen LogP contribution in [0.5, 0.6) is 0 Å². The minimum atomic E-state index is -2.66. The summed E-state index contributed by atoms with van der Waals surface area (Å²) in [6.07, 6.45) is 0.431. The van der Waals surface area contributed by atoms with Crippen LogP contribution in [0.3, 0.4) is 0 Å². The Balaban J connectivity index is 0.000000325. The Morgan fingerprint density at radius 3 is 2.24 bits per heavy atom. The monoisotopic (exact) mass is 273 g/mol. The fourth-order valence-electron chi connectivity index (χ4n) is 0.942. The predicted molar refractivity (Wildman–Crippen MR) is 70.8 cm³/mol. The average Bonchev–Trinajstić information content (AvgIpc) is 2.30. The third-order valence-corrected chi connectivity index (χ3v) is 4.05. The summed E-state index contributed by atoms with van der Waals surface area (Å²) in [6.45, 7) is 3.30. The molecule has 0 radical (unpaired) electrons. The number of rotatable bonds is 3. The lowest BCUT2D eigenvalue weighted by molar-refractivity contribution is 0.598. The van der Waals surface area contributed by atoms with Crippen LogP contribution in [-0.2, 0) is 16.3 Å². The van der Waals surface area contributed by atoms with Crippen molar-refractivity contribution in [1.29, 1.82) is 5.26 Å². The molecule has 0 N–H and O–H groups in total. The molecular formula is C12H16ClNO2S. The van der Waals surface area contributed by atoms with Crippen LogP contribution in [0.2, 0.25) is 5.02 Å². The molecule has 0 aliphatic carbocycles. The average molecular weight is 274 g/mol. The van der Waals surface area contributed by atoms with E-state index in [0.717, 1.165) is 5.56 Å². The van der Waals surface area contributed by atoms with Crippen molar-refractivity contribution < 1.29 is 8.42 Å². The number of nitrogens with zero attached hydrogens (tertiary/aromatic N) is 1. The summed E-state index contributed by atoms with van der Waals surface area (Å²) in [5.41, 5.74) is 0.968. The van der Waals surface area contributed by atoms with Crippen molar-refractivity contribution in [2.24, 2.45) is 0 Å². The molecule has 0 saturated carbocycles. The second-order valence-electron chi connectivity index (χ2n) is 3.29. The molecule has 0 aromatic heterocycles. The van der Waals surface area contributed by atoms with Gasteiger partial charge in [-0.3, -0.25) is 0 Å². The van der Waals surface area contributed by atoms with E-state index >= 15 is 0 Å². The Labute approximate surface area is 108 Å². The first-order valence-electron chi connectivity index (χ1n) is 5.27. The molecule has 0 heterocycles. The van der Waals surface area contributed by atoms with E-state index in [1.807, 2.05) is 12.1 Å². The lowest BCUT2D eigenvalue weighted by atomic mass is 10.2. The van der Waals surface area contributed by atoms with E-state index in [1.165, 1.54) is 0 Å². The molecule has 0 aliphatic heterocycles. The molecule has 0 fully saturated rings. The van der Waals surface area contributed by atoms with Crippen LogP contribution in [-0.4, -0.2) is 19.9 Å². The summed E-state index contributed by atoms with van der Waals surface area (Å²) in [5.74, 6) is 0.535. The Morgan fingerprint density at radius 2 is 1.88 bits per heavy atom. The van der Waals surface area contributed by atoms with Crippen LogP contribution in [0.15, 0.2) is 24.3 Å². The topological polar surface area (TPSA) is 57.9 Å². The molecule has 0 aliphatic rings. The van der Waals surface area contributed by atoms with Gasteiger partial charge in [0.2, 0.25) is 0 Å². The smallest absolute Gasteiger partial charge is 0.149 e. The highest BCUT2D eigenvalue weighted by Gasteiger charge is 1.99. The highest BCUT2D eigenvalue weighted by atomic mass is 35.5. The molecule has 17 heavy (non-hydrogen) atoms. The number of benzene rings is 1. The summed E-state index contributed by atoms with van der Waals surface area (Å²) >= 11 is 5.67. The van der Waals surface area contributed by atoms with E-state index in [2.05, 4.69) is 6.07 Å². The highest BCUT2D eigenvalue weighted by molar-refractivity contribution is 7.91. The normalized spacial score (nSPS) is 10.0. The van der Waals surface area contributed by atoms with Crippen molar-refractivity contribution >= 4 is 21.4 Å². The van der Waals surface area contributed by atoms with Gasteiger partial charge in [-0.25, -0.2) is 8.42 Å². The van der Waals surface area contributed by atoms with Crippen molar-refractivity contribution in [3.63, 3.8) is 0 Å². The van der Waals surface area contributed by atoms with E-state index in [9.17, 15) is 8.42 Å². The van der Waals surface area contributed by atoms with E-state index in [4.69, 9.17) is 16.9 Å². The van der Waals surface area contributed by atoms with Crippen LogP contribution in [0.25, 0.3) is 0 Å². The molecule has 0 unspecified atom stereocenters. The number of halogens is 1. The van der Waals surface area contributed by atoms with Gasteiger partial charge in [-0.05, 0) is 17.7 Å². The number of hydrogen-bond acceptors (Lipinski definition) is 3. The quantitative estimate of drug-likeness (QED) is 0.851. The summed E-state index contributed by atoms with van der Waals surface area (Å²) < 4.78 is 20.7. The zero-order valence-corrected chi connectivity index (χ0v) is 11.6. The molecule has 1 aromatic carbocycles. The highest BCUT2D eigenvalue weighted by Crippen LogP contribution is 2.10. The van der Waals surface area contributed by atoms with Gasteiger partial charge in [-0.1, -0.05) is 37.6 Å². The van der Waals surface area contributed by atoms with E-state index in [1.54, 1.807) is 26.0 Å². The number of sulfone groups is 1. The van der Waals surface area contributed by atoms with Gasteiger partial charge < -0.3 is 0 Å². The molecule has 1 aromatic rings. The van der Waals surface area contributed by atoms with Crippen LogP contribution in [0, 0.1) is 11.3 Å². The second-order valence-corrected chi connectivity index (χ2v) is 6.36. The summed E-state index contributed by atoms with van der Waals surface area (Å²) in [4.78, 5) is 0. The van der Waals surface area contributed by atoms with Gasteiger partial charge in [0.25, 0.3) is 0 Å². The van der Waals surface area contributed by atoms with Gasteiger partial charge in [0.1, 0.15) is 9.84 Å². The summed E-state index contributed by atoms with van der Waals surface area (Å²) in [7, 11) is -2.66. The van der Waals surface area contributed by atoms with Gasteiger partial charge >= 0.3 is 0 Å². The maximum atomic E-state index is 10.4. The third kappa shape index (κ3) is 7.78. The predicted octanol–water partition coefficient (Wildman–Crippen LogP) is 2.85. The molecule has 1 rings (SSSR count). The van der Waals surface area contributed by atoms with E-state index in [-0.39, 0.29) is 11.5 Å². The van der Waals surface area contributed by atoms with Crippen LogP contribution in [0.4, 0.5) is 0 Å². The maximum absolute atomic E-state index is 10.4. The van der Waals surface area contributed by atoms with Gasteiger partial charge in [-0.2, -0.15) is 5.26 Å². The molecule has 0 amide bonds. The molecular weight excluding hydrogens is 258 g/mol. The lowest BCUT2D eigenvalue weighted by Gasteiger charge is -1.92. The largest absolute Gasteiger partial charge is 0.229 e. The Morgan fingerprint density at radius 1 is 1.29 bits per heavy atom. The summed E-state index contributed by atoms with van der Waals surface area (Å²) in [6, 6.07) is 9.37. The first-order valence-corrected chi connectivity index (χ1v) is 7.47. The molecule has 0 bridgehead atoms. The maximum Gasteiger partial charge on any atom is 0.149 e. The first kappa shape index (κ1) is 16.0. The van der Waals surface area contributed by atoms with Crippen molar-refractivity contribution in [2.75, 3.05) is 11.5 Å². The fraction of sp³-hybridized carbons (Fsp3) is 0.417. The Kier molecular flexibility index (Phi) is 7.60. The standard InChI is InChI=1S/C8H6ClN.C4H10O2S/c9-8-3-1-2-7(6-8)4-5-10;1-3-7(5,6)4-2/h1-3,6H,4H2;3-4H2,1-2H3. The zero-order valence-electron chi connectivity index (χ0n) is 9.98. The molecule has 0 saturated heterocycles. The molecule has 5 heteroatoms. The van der Waals surface area contributed by atoms with Crippen molar-refractivity contribution in [2.45, 2.75) is 20.3 Å². The zero-order chi connectivity index (χ0) is 13.3. The van der Waals surface area contributed by atoms with Crippen molar-refractivity contribution in [1.82, 2.24) is 0 Å². The van der Waals surface area contributed by atoms with E-state index < -0.39 is 9.84 Å². The van der Waals surface area contributed by atoms with Crippen LogP contribution in [0.1, 0.15) is 19.4 Å². The second kappa shape index (κ2) is 8.10. The van der Waals surface area contributed by atoms with Crippen molar-refractivity contribution in [3.05, 3.63) is 34.9 Å². The Hall–Kier alpha value is -1.05. The molecule has 3 nitrogen and oxygen atoms in total. The van der Waals surface area contributed by atoms with Gasteiger partial charge in [-0.15, -0.1) is 0 Å². The summed E-state index contributed by atoms with van der Waals surface area (Å²) in [5, 5.41) is 9.01. The van der Waals surface area contributed by atoms with E-state index in [0.29, 0.717) is 11.4 Å².